The van der Waals surface area contributed by atoms with Gasteiger partial charge in [0.15, 0.2) is 0 Å². The lowest BCUT2D eigenvalue weighted by Crippen LogP contribution is -2.53. The van der Waals surface area contributed by atoms with Gasteiger partial charge in [0.25, 0.3) is 0 Å². The fourth-order valence-corrected chi connectivity index (χ4v) is 3.42. The van der Waals surface area contributed by atoms with Crippen molar-refractivity contribution >= 4 is 5.97 Å². The first kappa shape index (κ1) is 18.6. The maximum Gasteiger partial charge on any atom is 0.329 e. The SMILES string of the molecule is C[C@H]1ON(Cc2ccccc2)[C@@](C)(C(=O)OCc2ccccc2)[C@@H]1CO. The number of hydrogen-bond acceptors (Lipinski definition) is 5. The van der Waals surface area contributed by atoms with E-state index in [1.54, 1.807) is 12.0 Å². The maximum absolute atomic E-state index is 13.0. The summed E-state index contributed by atoms with van der Waals surface area (Å²) >= 11 is 0. The molecule has 2 aromatic carbocycles. The second-order valence-corrected chi connectivity index (χ2v) is 6.83. The molecule has 5 nitrogen and oxygen atoms in total. The topological polar surface area (TPSA) is 59.0 Å². The first-order valence-corrected chi connectivity index (χ1v) is 8.86. The molecule has 0 unspecified atom stereocenters. The van der Waals surface area contributed by atoms with Crippen molar-refractivity contribution in [2.45, 2.75) is 38.6 Å². The number of ether oxygens (including phenoxy) is 1. The Hall–Kier alpha value is -2.21. The van der Waals surface area contributed by atoms with Gasteiger partial charge in [-0.15, -0.1) is 0 Å². The number of hydrogen-bond donors (Lipinski definition) is 1. The zero-order chi connectivity index (χ0) is 18.6. The third kappa shape index (κ3) is 3.65. The lowest BCUT2D eigenvalue weighted by molar-refractivity contribution is -0.205. The highest BCUT2D eigenvalue weighted by Gasteiger charge is 2.56. The third-order valence-electron chi connectivity index (χ3n) is 5.09. The Balaban J connectivity index is 1.79. The van der Waals surface area contributed by atoms with Crippen LogP contribution in [-0.2, 0) is 27.5 Å². The van der Waals surface area contributed by atoms with Gasteiger partial charge < -0.3 is 9.84 Å². The minimum absolute atomic E-state index is 0.149. The number of esters is 1. The quantitative estimate of drug-likeness (QED) is 0.808. The van der Waals surface area contributed by atoms with Crippen LogP contribution in [0.25, 0.3) is 0 Å². The van der Waals surface area contributed by atoms with Crippen molar-refractivity contribution in [2.24, 2.45) is 5.92 Å². The Labute approximate surface area is 154 Å². The number of benzene rings is 2. The van der Waals surface area contributed by atoms with Crippen LogP contribution in [0.1, 0.15) is 25.0 Å². The van der Waals surface area contributed by atoms with Crippen LogP contribution in [0, 0.1) is 5.92 Å². The molecule has 0 radical (unpaired) electrons. The van der Waals surface area contributed by atoms with Crippen LogP contribution < -0.4 is 0 Å². The molecular formula is C21H25NO4. The molecule has 1 aliphatic rings. The van der Waals surface area contributed by atoms with E-state index in [9.17, 15) is 9.90 Å². The van der Waals surface area contributed by atoms with Gasteiger partial charge in [0.2, 0.25) is 0 Å². The molecule has 0 bridgehead atoms. The van der Waals surface area contributed by atoms with Crippen molar-refractivity contribution in [3.05, 3.63) is 71.8 Å². The molecule has 0 amide bonds. The molecule has 1 saturated heterocycles. The Morgan fingerprint density at radius 3 is 2.27 bits per heavy atom. The Morgan fingerprint density at radius 2 is 1.69 bits per heavy atom. The number of aliphatic hydroxyl groups is 1. The standard InChI is InChI=1S/C21H25NO4/c1-16-19(14-23)21(2,20(24)25-15-18-11-7-4-8-12-18)22(26-16)13-17-9-5-3-6-10-17/h3-12,16,19,23H,13-15H2,1-2H3/t16-,19-,21-/m1/s1. The molecular weight excluding hydrogens is 330 g/mol. The summed E-state index contributed by atoms with van der Waals surface area (Å²) in [5, 5.41) is 11.5. The van der Waals surface area contributed by atoms with Crippen molar-refractivity contribution in [3.63, 3.8) is 0 Å². The molecule has 1 heterocycles. The maximum atomic E-state index is 13.0. The smallest absolute Gasteiger partial charge is 0.329 e. The largest absolute Gasteiger partial charge is 0.459 e. The van der Waals surface area contributed by atoms with Crippen molar-refractivity contribution < 1.29 is 19.5 Å². The van der Waals surface area contributed by atoms with Crippen LogP contribution in [-0.4, -0.2) is 34.4 Å². The highest BCUT2D eigenvalue weighted by Crippen LogP contribution is 2.39. The predicted molar refractivity (Wildman–Crippen MR) is 97.8 cm³/mol. The Bertz CT molecular complexity index is 721. The predicted octanol–water partition coefficient (Wildman–Crippen LogP) is 2.93. The van der Waals surface area contributed by atoms with Crippen LogP contribution in [0.3, 0.4) is 0 Å². The average molecular weight is 355 g/mol. The van der Waals surface area contributed by atoms with Gasteiger partial charge in [-0.3, -0.25) is 4.84 Å². The van der Waals surface area contributed by atoms with Gasteiger partial charge in [-0.25, -0.2) is 4.79 Å². The van der Waals surface area contributed by atoms with Gasteiger partial charge in [-0.1, -0.05) is 60.7 Å². The lowest BCUT2D eigenvalue weighted by atomic mass is 9.83. The minimum atomic E-state index is -1.06. The zero-order valence-corrected chi connectivity index (χ0v) is 15.2. The summed E-state index contributed by atoms with van der Waals surface area (Å²) in [4.78, 5) is 18.9. The third-order valence-corrected chi connectivity index (χ3v) is 5.09. The van der Waals surface area contributed by atoms with Crippen LogP contribution in [0.5, 0.6) is 0 Å². The molecule has 0 spiro atoms. The normalized spacial score (nSPS) is 26.0. The van der Waals surface area contributed by atoms with Crippen molar-refractivity contribution in [3.8, 4) is 0 Å². The Kier molecular flexibility index (Phi) is 5.71. The molecule has 26 heavy (non-hydrogen) atoms. The summed E-state index contributed by atoms with van der Waals surface area (Å²) in [6.45, 7) is 4.14. The number of aliphatic hydroxyl groups excluding tert-OH is 1. The fourth-order valence-electron chi connectivity index (χ4n) is 3.42. The number of carbonyl (C=O) groups is 1. The molecule has 138 valence electrons. The van der Waals surface area contributed by atoms with Crippen molar-refractivity contribution in [2.75, 3.05) is 6.61 Å². The average Bonchev–Trinajstić information content (AvgIpc) is 2.91. The van der Waals surface area contributed by atoms with Gasteiger partial charge in [-0.05, 0) is 25.0 Å². The van der Waals surface area contributed by atoms with E-state index in [4.69, 9.17) is 9.57 Å². The molecule has 3 atom stereocenters. The van der Waals surface area contributed by atoms with Gasteiger partial charge in [0.05, 0.1) is 19.3 Å². The molecule has 0 aromatic heterocycles. The number of carbonyl (C=O) groups excluding carboxylic acids is 1. The molecule has 0 saturated carbocycles. The highest BCUT2D eigenvalue weighted by atomic mass is 16.7. The van der Waals surface area contributed by atoms with E-state index in [1.807, 2.05) is 67.6 Å². The second-order valence-electron chi connectivity index (χ2n) is 6.83. The van der Waals surface area contributed by atoms with Crippen molar-refractivity contribution in [1.29, 1.82) is 0 Å². The molecule has 2 aromatic rings. The van der Waals surface area contributed by atoms with E-state index in [1.165, 1.54) is 0 Å². The summed E-state index contributed by atoms with van der Waals surface area (Å²) < 4.78 is 5.59. The second kappa shape index (κ2) is 7.99. The molecule has 1 fully saturated rings. The van der Waals surface area contributed by atoms with E-state index < -0.39 is 5.54 Å². The Morgan fingerprint density at radius 1 is 1.12 bits per heavy atom. The van der Waals surface area contributed by atoms with Crippen molar-refractivity contribution in [1.82, 2.24) is 5.06 Å². The van der Waals surface area contributed by atoms with E-state index >= 15 is 0 Å². The van der Waals surface area contributed by atoms with Crippen LogP contribution in [0.4, 0.5) is 0 Å². The number of nitrogens with zero attached hydrogens (tertiary/aromatic N) is 1. The van der Waals surface area contributed by atoms with Gasteiger partial charge in [-0.2, -0.15) is 5.06 Å². The number of rotatable bonds is 6. The summed E-state index contributed by atoms with van der Waals surface area (Å²) in [5.41, 5.74) is 0.894. The van der Waals surface area contributed by atoms with E-state index in [2.05, 4.69) is 0 Å². The van der Waals surface area contributed by atoms with E-state index in [0.717, 1.165) is 11.1 Å². The lowest BCUT2D eigenvalue weighted by Gasteiger charge is -2.34. The fraction of sp³-hybridized carbons (Fsp3) is 0.381. The van der Waals surface area contributed by atoms with Gasteiger partial charge >= 0.3 is 5.97 Å². The van der Waals surface area contributed by atoms with Crippen LogP contribution in [0.2, 0.25) is 0 Å². The molecule has 3 rings (SSSR count). The van der Waals surface area contributed by atoms with E-state index in [-0.39, 0.29) is 31.2 Å². The van der Waals surface area contributed by atoms with E-state index in [0.29, 0.717) is 6.54 Å². The zero-order valence-electron chi connectivity index (χ0n) is 15.2. The highest BCUT2D eigenvalue weighted by molar-refractivity contribution is 5.81. The van der Waals surface area contributed by atoms with Gasteiger partial charge in [0, 0.05) is 5.92 Å². The van der Waals surface area contributed by atoms with Crippen LogP contribution in [0.15, 0.2) is 60.7 Å². The monoisotopic (exact) mass is 355 g/mol. The summed E-state index contributed by atoms with van der Waals surface area (Å²) in [6.07, 6.45) is -0.280. The number of hydroxylamine groups is 2. The summed E-state index contributed by atoms with van der Waals surface area (Å²) in [6, 6.07) is 19.4. The van der Waals surface area contributed by atoms with Gasteiger partial charge in [0.1, 0.15) is 12.1 Å². The first-order valence-electron chi connectivity index (χ1n) is 8.86. The molecule has 5 heteroatoms. The summed E-state index contributed by atoms with van der Waals surface area (Å²) in [5.74, 6) is -0.754. The molecule has 1 N–H and O–H groups in total. The first-order chi connectivity index (χ1) is 12.6. The minimum Gasteiger partial charge on any atom is -0.459 e. The summed E-state index contributed by atoms with van der Waals surface area (Å²) in [7, 11) is 0. The van der Waals surface area contributed by atoms with Crippen LogP contribution >= 0.6 is 0 Å². The molecule has 0 aliphatic carbocycles. The molecule has 1 aliphatic heterocycles.